The molecule has 1 unspecified atom stereocenters. The van der Waals surface area contributed by atoms with Crippen molar-refractivity contribution in [2.24, 2.45) is 5.11 Å². The highest BCUT2D eigenvalue weighted by atomic mass is 28.4. The van der Waals surface area contributed by atoms with Gasteiger partial charge in [0.25, 0.3) is 5.91 Å². The van der Waals surface area contributed by atoms with E-state index in [1.54, 1.807) is 6.07 Å². The minimum absolute atomic E-state index is 0.0323. The number of carbonyl (C=O) groups excluding carboxylic acids is 1. The third kappa shape index (κ3) is 5.42. The highest BCUT2D eigenvalue weighted by Gasteiger charge is 2.40. The Balaban J connectivity index is 1.97. The van der Waals surface area contributed by atoms with Crippen molar-refractivity contribution in [1.82, 2.24) is 0 Å². The van der Waals surface area contributed by atoms with Crippen LogP contribution in [0.3, 0.4) is 0 Å². The number of carbonyl (C=O) groups is 1. The zero-order valence-electron chi connectivity index (χ0n) is 19.2. The van der Waals surface area contributed by atoms with Gasteiger partial charge in [-0.3, -0.25) is 4.79 Å². The third-order valence-corrected chi connectivity index (χ3v) is 10.4. The topological polar surface area (TPSA) is 106 Å². The third-order valence-electron chi connectivity index (χ3n) is 5.90. The fraction of sp³-hybridized carbons (Fsp3) is 0.435. The van der Waals surface area contributed by atoms with E-state index in [1.807, 2.05) is 36.4 Å². The van der Waals surface area contributed by atoms with Crippen molar-refractivity contribution in [2.75, 3.05) is 18.5 Å². The van der Waals surface area contributed by atoms with Gasteiger partial charge in [0.05, 0.1) is 12.6 Å². The molecule has 3 rings (SSSR count). The summed E-state index contributed by atoms with van der Waals surface area (Å²) >= 11 is 0. The summed E-state index contributed by atoms with van der Waals surface area (Å²) in [6.07, 6.45) is -0.501. The average Bonchev–Trinajstić information content (AvgIpc) is 2.74. The average molecular weight is 455 g/mol. The Bertz CT molecular complexity index is 1010. The Labute approximate surface area is 189 Å². The second-order valence-electron chi connectivity index (χ2n) is 9.25. The summed E-state index contributed by atoms with van der Waals surface area (Å²) in [5, 5.41) is 6.62. The van der Waals surface area contributed by atoms with E-state index in [0.29, 0.717) is 23.8 Å². The first kappa shape index (κ1) is 23.7. The molecule has 2 aromatic rings. The summed E-state index contributed by atoms with van der Waals surface area (Å²) in [7, 11) is -2.19. The number of fused-ring (bicyclic) bond motifs is 1. The van der Waals surface area contributed by atoms with E-state index in [9.17, 15) is 4.79 Å². The highest BCUT2D eigenvalue weighted by molar-refractivity contribution is 6.74. The molecule has 8 nitrogen and oxygen atoms in total. The predicted molar refractivity (Wildman–Crippen MR) is 126 cm³/mol. The van der Waals surface area contributed by atoms with Crippen LogP contribution in [0.2, 0.25) is 18.1 Å². The largest absolute Gasteiger partial charge is 0.487 e. The van der Waals surface area contributed by atoms with Crippen LogP contribution in [0.1, 0.15) is 38.0 Å². The smallest absolute Gasteiger partial charge is 0.262 e. The van der Waals surface area contributed by atoms with Gasteiger partial charge >= 0.3 is 0 Å². The normalized spacial score (nSPS) is 14.5. The van der Waals surface area contributed by atoms with Gasteiger partial charge in [0.15, 0.2) is 20.7 Å². The van der Waals surface area contributed by atoms with Gasteiger partial charge in [-0.15, -0.1) is 0 Å². The Kier molecular flexibility index (Phi) is 7.13. The first-order valence-electron chi connectivity index (χ1n) is 10.6. The number of hydrogen-bond donors (Lipinski definition) is 1. The molecule has 0 aromatic heterocycles. The van der Waals surface area contributed by atoms with Gasteiger partial charge in [0.2, 0.25) is 0 Å². The second kappa shape index (κ2) is 9.64. The van der Waals surface area contributed by atoms with Crippen LogP contribution in [-0.4, -0.2) is 27.4 Å². The molecule has 1 aliphatic heterocycles. The molecule has 1 amide bonds. The van der Waals surface area contributed by atoms with Gasteiger partial charge < -0.3 is 19.2 Å². The number of anilines is 1. The molecular formula is C23H30N4O4Si. The number of benzene rings is 2. The lowest BCUT2D eigenvalue weighted by Gasteiger charge is -2.39. The van der Waals surface area contributed by atoms with Crippen LogP contribution in [0.15, 0.2) is 47.6 Å². The molecule has 1 aliphatic rings. The van der Waals surface area contributed by atoms with E-state index in [2.05, 4.69) is 49.2 Å². The van der Waals surface area contributed by atoms with Crippen LogP contribution >= 0.6 is 0 Å². The van der Waals surface area contributed by atoms with Crippen molar-refractivity contribution in [3.8, 4) is 11.5 Å². The van der Waals surface area contributed by atoms with Crippen molar-refractivity contribution in [3.05, 3.63) is 64.0 Å². The van der Waals surface area contributed by atoms with Crippen LogP contribution in [0, 0.1) is 0 Å². The Morgan fingerprint density at radius 1 is 1.22 bits per heavy atom. The second-order valence-corrected chi connectivity index (χ2v) is 14.0. The van der Waals surface area contributed by atoms with Crippen LogP contribution < -0.4 is 14.8 Å². The minimum Gasteiger partial charge on any atom is -0.487 e. The fourth-order valence-corrected chi connectivity index (χ4v) is 4.39. The summed E-state index contributed by atoms with van der Waals surface area (Å²) in [6.45, 7) is 11.1. The molecule has 0 bridgehead atoms. The highest BCUT2D eigenvalue weighted by Crippen LogP contribution is 2.46. The minimum atomic E-state index is -2.19. The maximum absolute atomic E-state index is 12.1. The Morgan fingerprint density at radius 2 is 1.94 bits per heavy atom. The zero-order chi connectivity index (χ0) is 23.4. The molecule has 0 spiro atoms. The molecule has 0 saturated carbocycles. The quantitative estimate of drug-likeness (QED) is 0.229. The Hall–Kier alpha value is -3.00. The van der Waals surface area contributed by atoms with E-state index in [-0.39, 0.29) is 24.1 Å². The summed E-state index contributed by atoms with van der Waals surface area (Å²) in [6, 6.07) is 13.4. The molecule has 1 atom stereocenters. The molecule has 0 saturated heterocycles. The lowest BCUT2D eigenvalue weighted by molar-refractivity contribution is -0.118. The van der Waals surface area contributed by atoms with Crippen LogP contribution in [-0.2, 0) is 15.8 Å². The Morgan fingerprint density at radius 3 is 2.59 bits per heavy atom. The first-order valence-corrected chi connectivity index (χ1v) is 13.5. The zero-order valence-corrected chi connectivity index (χ0v) is 20.2. The number of hydrogen-bond acceptors (Lipinski definition) is 5. The van der Waals surface area contributed by atoms with Crippen molar-refractivity contribution in [2.45, 2.75) is 51.6 Å². The molecule has 0 fully saturated rings. The van der Waals surface area contributed by atoms with Gasteiger partial charge in [-0.1, -0.05) is 56.2 Å². The number of amides is 1. The summed E-state index contributed by atoms with van der Waals surface area (Å²) < 4.78 is 18.4. The number of azide groups is 1. The van der Waals surface area contributed by atoms with E-state index < -0.39 is 14.4 Å². The molecule has 2 aromatic carbocycles. The lowest BCUT2D eigenvalue weighted by Crippen LogP contribution is -2.42. The first-order chi connectivity index (χ1) is 15.1. The van der Waals surface area contributed by atoms with Crippen LogP contribution in [0.4, 0.5) is 5.69 Å². The monoisotopic (exact) mass is 454 g/mol. The van der Waals surface area contributed by atoms with Crippen molar-refractivity contribution < 1.29 is 18.7 Å². The van der Waals surface area contributed by atoms with E-state index >= 15 is 0 Å². The van der Waals surface area contributed by atoms with Gasteiger partial charge in [0.1, 0.15) is 18.0 Å². The number of ether oxygens (including phenoxy) is 2. The van der Waals surface area contributed by atoms with Gasteiger partial charge in [-0.2, -0.15) is 0 Å². The maximum atomic E-state index is 12.1. The standard InChI is InChI=1S/C23H30N4O4Si/c1-23(2,3)32(4,5)31-19(13-25-27-24)17-11-12-18(21-22(17)30-15-20(28)26-21)29-14-16-9-7-6-8-10-16/h6-12,19H,13-15H2,1-5H3,(H,26,28). The van der Waals surface area contributed by atoms with Crippen molar-refractivity contribution in [1.29, 1.82) is 0 Å². The lowest BCUT2D eigenvalue weighted by atomic mass is 10.1. The predicted octanol–water partition coefficient (Wildman–Crippen LogP) is 5.97. The summed E-state index contributed by atoms with van der Waals surface area (Å²) in [5.41, 5.74) is 11.1. The fourth-order valence-electron chi connectivity index (χ4n) is 3.12. The molecule has 1 heterocycles. The molecule has 32 heavy (non-hydrogen) atoms. The number of nitrogens with zero attached hydrogens (tertiary/aromatic N) is 3. The van der Waals surface area contributed by atoms with E-state index in [1.165, 1.54) is 0 Å². The van der Waals surface area contributed by atoms with Crippen LogP contribution in [0.25, 0.3) is 10.4 Å². The number of nitrogens with one attached hydrogen (secondary N) is 1. The van der Waals surface area contributed by atoms with E-state index in [0.717, 1.165) is 11.1 Å². The van der Waals surface area contributed by atoms with E-state index in [4.69, 9.17) is 19.4 Å². The summed E-state index contributed by atoms with van der Waals surface area (Å²) in [4.78, 5) is 15.0. The van der Waals surface area contributed by atoms with Gasteiger partial charge in [-0.05, 0) is 41.4 Å². The molecule has 9 heteroatoms. The number of rotatable bonds is 8. The van der Waals surface area contributed by atoms with Crippen molar-refractivity contribution in [3.63, 3.8) is 0 Å². The summed E-state index contributed by atoms with van der Waals surface area (Å²) in [5.74, 6) is 0.749. The maximum Gasteiger partial charge on any atom is 0.262 e. The molecule has 0 radical (unpaired) electrons. The van der Waals surface area contributed by atoms with Gasteiger partial charge in [-0.25, -0.2) is 0 Å². The van der Waals surface area contributed by atoms with Crippen molar-refractivity contribution >= 4 is 19.9 Å². The van der Waals surface area contributed by atoms with Crippen LogP contribution in [0.5, 0.6) is 11.5 Å². The molecule has 0 aliphatic carbocycles. The molecular weight excluding hydrogens is 424 g/mol. The molecule has 170 valence electrons. The SMILES string of the molecule is CC(C)(C)[Si](C)(C)OC(CN=[N+]=[N-])c1ccc(OCc2ccccc2)c2c1OCC(=O)N2. The van der Waals surface area contributed by atoms with Gasteiger partial charge in [0, 0.05) is 10.5 Å². The molecule has 1 N–H and O–H groups in total.